The van der Waals surface area contributed by atoms with Crippen LogP contribution in [0.5, 0.6) is 0 Å². The van der Waals surface area contributed by atoms with Gasteiger partial charge in [-0.3, -0.25) is 4.90 Å². The normalized spacial score (nSPS) is 14.0. The number of allylic oxidation sites excluding steroid dienone is 4. The molecule has 0 spiro atoms. The van der Waals surface area contributed by atoms with Crippen molar-refractivity contribution in [1.82, 2.24) is 4.90 Å². The standard InChI is InChI=1S/C22H41NO2.K/c1-5-7-9-11-13-15-17-20(3)23(19-22(24)25)21(4)18-16-14-12-10-8-6-2;/h7-10,20-21H,5-6,11-19H2,1-4H3,(H,24,25);/q;+1/p-1/b9-7+,10-8+;. The Morgan fingerprint density at radius 2 is 1.27 bits per heavy atom. The molecule has 0 fully saturated rings. The molecule has 0 aliphatic heterocycles. The van der Waals surface area contributed by atoms with Crippen LogP contribution in [-0.2, 0) is 4.79 Å². The first-order valence-corrected chi connectivity index (χ1v) is 10.3. The number of aliphatic carboxylic acids is 1. The van der Waals surface area contributed by atoms with Gasteiger partial charge in [0.15, 0.2) is 0 Å². The molecule has 0 aromatic rings. The minimum atomic E-state index is -0.963. The predicted octanol–water partition coefficient (Wildman–Crippen LogP) is 1.87. The maximum absolute atomic E-state index is 11.1. The van der Waals surface area contributed by atoms with Crippen LogP contribution in [0.4, 0.5) is 0 Å². The monoisotopic (exact) mass is 389 g/mol. The number of rotatable bonds is 16. The van der Waals surface area contributed by atoms with E-state index in [1.165, 1.54) is 12.8 Å². The molecule has 4 heteroatoms. The molecule has 0 saturated heterocycles. The van der Waals surface area contributed by atoms with Crippen molar-refractivity contribution < 1.29 is 61.3 Å². The van der Waals surface area contributed by atoms with Gasteiger partial charge in [0.1, 0.15) is 0 Å². The van der Waals surface area contributed by atoms with E-state index in [-0.39, 0.29) is 57.9 Å². The fraction of sp³-hybridized carbons (Fsp3) is 0.773. The van der Waals surface area contributed by atoms with Gasteiger partial charge in [0.25, 0.3) is 0 Å². The van der Waals surface area contributed by atoms with E-state index in [4.69, 9.17) is 0 Å². The van der Waals surface area contributed by atoms with Crippen molar-refractivity contribution in [3.05, 3.63) is 24.3 Å². The first kappa shape index (κ1) is 28.8. The van der Waals surface area contributed by atoms with Gasteiger partial charge in [-0.15, -0.1) is 0 Å². The summed E-state index contributed by atoms with van der Waals surface area (Å²) in [6, 6.07) is 0.589. The van der Waals surface area contributed by atoms with Crippen molar-refractivity contribution in [2.75, 3.05) is 6.54 Å². The van der Waals surface area contributed by atoms with Gasteiger partial charge in [-0.25, -0.2) is 0 Å². The summed E-state index contributed by atoms with van der Waals surface area (Å²) in [5.41, 5.74) is 0. The molecule has 2 unspecified atom stereocenters. The third-order valence-corrected chi connectivity index (χ3v) is 4.73. The molecule has 0 aliphatic rings. The molecular weight excluding hydrogens is 349 g/mol. The summed E-state index contributed by atoms with van der Waals surface area (Å²) < 4.78 is 0. The number of unbranched alkanes of at least 4 members (excludes halogenated alkanes) is 4. The van der Waals surface area contributed by atoms with Crippen LogP contribution in [0.2, 0.25) is 0 Å². The van der Waals surface area contributed by atoms with E-state index in [1.54, 1.807) is 0 Å². The molecule has 26 heavy (non-hydrogen) atoms. The fourth-order valence-electron chi connectivity index (χ4n) is 3.20. The Morgan fingerprint density at radius 1 is 0.846 bits per heavy atom. The average Bonchev–Trinajstić information content (AvgIpc) is 2.58. The molecular formula is C22H40KNO2. The van der Waals surface area contributed by atoms with Gasteiger partial charge in [0.2, 0.25) is 0 Å². The summed E-state index contributed by atoms with van der Waals surface area (Å²) in [5, 5.41) is 11.1. The molecule has 0 bridgehead atoms. The molecule has 2 atom stereocenters. The Balaban J connectivity index is 0. The Labute approximate surface area is 205 Å². The van der Waals surface area contributed by atoms with Crippen molar-refractivity contribution >= 4 is 5.97 Å². The third-order valence-electron chi connectivity index (χ3n) is 4.73. The van der Waals surface area contributed by atoms with E-state index in [1.807, 2.05) is 0 Å². The number of hydrogen-bond acceptors (Lipinski definition) is 3. The van der Waals surface area contributed by atoms with Crippen molar-refractivity contribution in [2.45, 2.75) is 104 Å². The van der Waals surface area contributed by atoms with Crippen molar-refractivity contribution in [3.8, 4) is 0 Å². The summed E-state index contributed by atoms with van der Waals surface area (Å²) in [6.07, 6.45) is 20.1. The average molecular weight is 390 g/mol. The van der Waals surface area contributed by atoms with Crippen molar-refractivity contribution in [1.29, 1.82) is 0 Å². The summed E-state index contributed by atoms with van der Waals surface area (Å²) in [7, 11) is 0. The minimum Gasteiger partial charge on any atom is -0.549 e. The zero-order valence-electron chi connectivity index (χ0n) is 18.0. The number of carboxylic acids is 1. The third kappa shape index (κ3) is 16.7. The van der Waals surface area contributed by atoms with E-state index in [9.17, 15) is 9.90 Å². The summed E-state index contributed by atoms with van der Waals surface area (Å²) in [4.78, 5) is 13.3. The van der Waals surface area contributed by atoms with Gasteiger partial charge in [0, 0.05) is 18.6 Å². The number of carboxylic acid groups (broad SMARTS) is 1. The first-order valence-electron chi connectivity index (χ1n) is 10.3. The molecule has 0 rings (SSSR count). The second-order valence-electron chi connectivity index (χ2n) is 7.07. The molecule has 146 valence electrons. The summed E-state index contributed by atoms with van der Waals surface area (Å²) in [6.45, 7) is 8.67. The van der Waals surface area contributed by atoms with Crippen LogP contribution < -0.4 is 56.5 Å². The first-order chi connectivity index (χ1) is 12.0. The van der Waals surface area contributed by atoms with E-state index in [0.717, 1.165) is 51.4 Å². The Bertz CT molecular complexity index is 354. The Kier molecular flexibility index (Phi) is 22.4. The summed E-state index contributed by atoms with van der Waals surface area (Å²) >= 11 is 0. The van der Waals surface area contributed by atoms with Crippen LogP contribution in [-0.4, -0.2) is 29.5 Å². The van der Waals surface area contributed by atoms with Crippen LogP contribution in [0.15, 0.2) is 24.3 Å². The quantitative estimate of drug-likeness (QED) is 0.230. The molecule has 0 amide bonds. The molecule has 3 nitrogen and oxygen atoms in total. The Hall–Kier alpha value is 0.546. The van der Waals surface area contributed by atoms with E-state index < -0.39 is 5.97 Å². The van der Waals surface area contributed by atoms with Gasteiger partial charge in [-0.05, 0) is 65.2 Å². The minimum absolute atomic E-state index is 0. The number of nitrogens with zero attached hydrogens (tertiary/aromatic N) is 1. The largest absolute Gasteiger partial charge is 1.00 e. The molecule has 0 heterocycles. The van der Waals surface area contributed by atoms with Crippen molar-refractivity contribution in [3.63, 3.8) is 0 Å². The predicted molar refractivity (Wildman–Crippen MR) is 106 cm³/mol. The van der Waals surface area contributed by atoms with Crippen molar-refractivity contribution in [2.24, 2.45) is 0 Å². The zero-order valence-corrected chi connectivity index (χ0v) is 21.1. The number of hydrogen-bond donors (Lipinski definition) is 0. The van der Waals surface area contributed by atoms with E-state index in [0.29, 0.717) is 12.1 Å². The fourth-order valence-corrected chi connectivity index (χ4v) is 3.20. The zero-order chi connectivity index (χ0) is 18.9. The molecule has 0 aromatic carbocycles. The second kappa shape index (κ2) is 20.3. The molecule has 0 aromatic heterocycles. The maximum atomic E-state index is 11.1. The van der Waals surface area contributed by atoms with Crippen LogP contribution in [0.1, 0.15) is 91.9 Å². The van der Waals surface area contributed by atoms with E-state index in [2.05, 4.69) is 56.9 Å². The van der Waals surface area contributed by atoms with Crippen LogP contribution in [0.25, 0.3) is 0 Å². The van der Waals surface area contributed by atoms with E-state index >= 15 is 0 Å². The molecule has 0 saturated carbocycles. The molecule has 0 radical (unpaired) electrons. The van der Waals surface area contributed by atoms with Gasteiger partial charge in [-0.1, -0.05) is 51.0 Å². The van der Waals surface area contributed by atoms with Gasteiger partial charge < -0.3 is 9.90 Å². The van der Waals surface area contributed by atoms with Gasteiger partial charge in [0.05, 0.1) is 5.97 Å². The van der Waals surface area contributed by atoms with Gasteiger partial charge >= 0.3 is 51.4 Å². The number of carbonyl (C=O) groups is 1. The molecule has 0 N–H and O–H groups in total. The second-order valence-corrected chi connectivity index (χ2v) is 7.07. The van der Waals surface area contributed by atoms with Gasteiger partial charge in [-0.2, -0.15) is 0 Å². The maximum Gasteiger partial charge on any atom is 1.00 e. The van der Waals surface area contributed by atoms with Crippen LogP contribution in [0, 0.1) is 0 Å². The number of carbonyl (C=O) groups excluding carboxylic acids is 1. The van der Waals surface area contributed by atoms with Crippen LogP contribution >= 0.6 is 0 Å². The smallest absolute Gasteiger partial charge is 0.549 e. The Morgan fingerprint density at radius 3 is 1.62 bits per heavy atom. The summed E-state index contributed by atoms with van der Waals surface area (Å²) in [5.74, 6) is -0.963. The molecule has 0 aliphatic carbocycles. The SMILES string of the molecule is CC/C=C/CCCCC(C)N(CC(=O)[O-])C(C)CCCC/C=C/CC.[K+]. The van der Waals surface area contributed by atoms with Crippen LogP contribution in [0.3, 0.4) is 0 Å². The topological polar surface area (TPSA) is 43.4 Å².